The maximum Gasteiger partial charge on any atom is 0.224 e. The zero-order valence-electron chi connectivity index (χ0n) is 17.3. The van der Waals surface area contributed by atoms with Crippen LogP contribution in [0.5, 0.6) is 0 Å². The van der Waals surface area contributed by atoms with Crippen LogP contribution in [-0.2, 0) is 11.3 Å². The lowest BCUT2D eigenvalue weighted by molar-refractivity contribution is -0.116. The summed E-state index contributed by atoms with van der Waals surface area (Å²) >= 11 is 0. The van der Waals surface area contributed by atoms with Gasteiger partial charge in [0, 0.05) is 50.5 Å². The number of carbonyl (C=O) groups excluding carboxylic acids is 1. The fourth-order valence-electron chi connectivity index (χ4n) is 3.53. The van der Waals surface area contributed by atoms with Crippen LogP contribution in [0.15, 0.2) is 59.6 Å². The third kappa shape index (κ3) is 6.24. The van der Waals surface area contributed by atoms with E-state index in [4.69, 9.17) is 0 Å². The molecule has 1 saturated heterocycles. The summed E-state index contributed by atoms with van der Waals surface area (Å²) in [4.78, 5) is 18.6. The van der Waals surface area contributed by atoms with E-state index in [0.717, 1.165) is 43.1 Å². The highest BCUT2D eigenvalue weighted by Gasteiger charge is 2.23. The predicted molar refractivity (Wildman–Crippen MR) is 120 cm³/mol. The number of nitrogens with zero attached hydrogens (tertiary/aromatic N) is 2. The van der Waals surface area contributed by atoms with Gasteiger partial charge in [-0.2, -0.15) is 0 Å². The summed E-state index contributed by atoms with van der Waals surface area (Å²) in [7, 11) is 1.79. The zero-order chi connectivity index (χ0) is 20.5. The summed E-state index contributed by atoms with van der Waals surface area (Å²) in [6.07, 6.45) is 2.47. The van der Waals surface area contributed by atoms with Gasteiger partial charge in [0.25, 0.3) is 0 Å². The van der Waals surface area contributed by atoms with E-state index in [-0.39, 0.29) is 5.91 Å². The topological polar surface area (TPSA) is 68.8 Å². The molecular weight excluding hydrogens is 362 g/mol. The first-order chi connectivity index (χ1) is 14.2. The fraction of sp³-hybridized carbons (Fsp3) is 0.391. The number of hydrogen-bond donors (Lipinski definition) is 3. The lowest BCUT2D eigenvalue weighted by Crippen LogP contribution is -2.44. The summed E-state index contributed by atoms with van der Waals surface area (Å²) in [5.74, 6) is 0.852. The van der Waals surface area contributed by atoms with E-state index < -0.39 is 0 Å². The molecule has 1 aliphatic heterocycles. The van der Waals surface area contributed by atoms with E-state index in [2.05, 4.69) is 50.1 Å². The van der Waals surface area contributed by atoms with Crippen LogP contribution in [0.25, 0.3) is 0 Å². The molecule has 1 atom stereocenters. The van der Waals surface area contributed by atoms with Crippen molar-refractivity contribution >= 4 is 23.2 Å². The molecule has 0 aliphatic carbocycles. The molecular formula is C23H31N5O. The highest BCUT2D eigenvalue weighted by molar-refractivity contribution is 5.90. The molecule has 0 aromatic heterocycles. The molecule has 1 aliphatic rings. The standard InChI is InChI=1S/C23H31N5O/c1-3-8-22(29)26-19-10-7-9-18(15-19)16-25-23(24-2)27-20-13-14-28(17-20)21-11-5-4-6-12-21/h4-7,9-12,15,20H,3,8,13-14,16-17H2,1-2H3,(H,26,29)(H2,24,25,27). The van der Waals surface area contributed by atoms with Crippen molar-refractivity contribution in [2.45, 2.75) is 38.8 Å². The maximum atomic E-state index is 11.8. The summed E-state index contributed by atoms with van der Waals surface area (Å²) in [6.45, 7) is 4.65. The van der Waals surface area contributed by atoms with Crippen LogP contribution in [0.1, 0.15) is 31.7 Å². The third-order valence-electron chi connectivity index (χ3n) is 5.02. The van der Waals surface area contributed by atoms with Gasteiger partial charge in [-0.25, -0.2) is 0 Å². The Labute approximate surface area is 173 Å². The second kappa shape index (κ2) is 10.5. The van der Waals surface area contributed by atoms with Crippen molar-refractivity contribution in [1.82, 2.24) is 10.6 Å². The number of anilines is 2. The molecule has 1 amide bonds. The summed E-state index contributed by atoms with van der Waals surface area (Å²) in [5.41, 5.74) is 3.20. The van der Waals surface area contributed by atoms with Crippen LogP contribution in [0, 0.1) is 0 Å². The molecule has 3 rings (SSSR count). The highest BCUT2D eigenvalue weighted by Crippen LogP contribution is 2.19. The van der Waals surface area contributed by atoms with E-state index in [0.29, 0.717) is 19.0 Å². The molecule has 0 radical (unpaired) electrons. The van der Waals surface area contributed by atoms with E-state index in [1.165, 1.54) is 5.69 Å². The lowest BCUT2D eigenvalue weighted by Gasteiger charge is -2.20. The largest absolute Gasteiger partial charge is 0.369 e. The maximum absolute atomic E-state index is 11.8. The van der Waals surface area contributed by atoms with Crippen LogP contribution < -0.4 is 20.9 Å². The monoisotopic (exact) mass is 393 g/mol. The van der Waals surface area contributed by atoms with Gasteiger partial charge in [-0.15, -0.1) is 0 Å². The number of aliphatic imine (C=N–C) groups is 1. The summed E-state index contributed by atoms with van der Waals surface area (Å²) in [6, 6.07) is 18.8. The zero-order valence-corrected chi connectivity index (χ0v) is 17.3. The average molecular weight is 394 g/mol. The Kier molecular flexibility index (Phi) is 7.50. The van der Waals surface area contributed by atoms with Gasteiger partial charge < -0.3 is 20.9 Å². The number of rotatable bonds is 7. The van der Waals surface area contributed by atoms with Crippen molar-refractivity contribution in [1.29, 1.82) is 0 Å². The van der Waals surface area contributed by atoms with Crippen molar-refractivity contribution in [3.05, 3.63) is 60.2 Å². The second-order valence-corrected chi connectivity index (χ2v) is 7.34. The molecule has 0 saturated carbocycles. The second-order valence-electron chi connectivity index (χ2n) is 7.34. The Balaban J connectivity index is 1.49. The Bertz CT molecular complexity index is 821. The Hall–Kier alpha value is -3.02. The van der Waals surface area contributed by atoms with Gasteiger partial charge >= 0.3 is 0 Å². The van der Waals surface area contributed by atoms with Crippen molar-refractivity contribution in [3.63, 3.8) is 0 Å². The number of hydrogen-bond acceptors (Lipinski definition) is 3. The first-order valence-corrected chi connectivity index (χ1v) is 10.3. The van der Waals surface area contributed by atoms with Crippen molar-refractivity contribution in [2.24, 2.45) is 4.99 Å². The molecule has 3 N–H and O–H groups in total. The lowest BCUT2D eigenvalue weighted by atomic mass is 10.2. The van der Waals surface area contributed by atoms with Gasteiger partial charge in [0.05, 0.1) is 0 Å². The minimum absolute atomic E-state index is 0.0549. The molecule has 2 aromatic rings. The van der Waals surface area contributed by atoms with Crippen LogP contribution in [0.3, 0.4) is 0 Å². The van der Waals surface area contributed by atoms with E-state index in [9.17, 15) is 4.79 Å². The van der Waals surface area contributed by atoms with Crippen molar-refractivity contribution in [3.8, 4) is 0 Å². The predicted octanol–water partition coefficient (Wildman–Crippen LogP) is 3.37. The number of amides is 1. The summed E-state index contributed by atoms with van der Waals surface area (Å²) in [5, 5.41) is 9.85. The van der Waals surface area contributed by atoms with Gasteiger partial charge in [0.2, 0.25) is 5.91 Å². The van der Waals surface area contributed by atoms with Crippen LogP contribution >= 0.6 is 0 Å². The minimum atomic E-state index is 0.0549. The Morgan fingerprint density at radius 1 is 1.17 bits per heavy atom. The highest BCUT2D eigenvalue weighted by atomic mass is 16.1. The van der Waals surface area contributed by atoms with Gasteiger partial charge in [-0.05, 0) is 42.7 Å². The van der Waals surface area contributed by atoms with Crippen molar-refractivity contribution < 1.29 is 4.79 Å². The average Bonchev–Trinajstić information content (AvgIpc) is 3.21. The number of para-hydroxylation sites is 1. The number of guanidine groups is 1. The SMILES string of the molecule is CCCC(=O)Nc1cccc(CNC(=NC)NC2CCN(c3ccccc3)C2)c1. The van der Waals surface area contributed by atoms with E-state index >= 15 is 0 Å². The molecule has 2 aromatic carbocycles. The molecule has 0 bridgehead atoms. The van der Waals surface area contributed by atoms with Crippen LogP contribution in [-0.4, -0.2) is 38.0 Å². The number of benzene rings is 2. The number of carbonyl (C=O) groups is 1. The van der Waals surface area contributed by atoms with Crippen molar-refractivity contribution in [2.75, 3.05) is 30.4 Å². The molecule has 154 valence electrons. The van der Waals surface area contributed by atoms with Gasteiger partial charge in [0.1, 0.15) is 0 Å². The first kappa shape index (κ1) is 20.7. The van der Waals surface area contributed by atoms with Crippen LogP contribution in [0.4, 0.5) is 11.4 Å². The molecule has 1 unspecified atom stereocenters. The first-order valence-electron chi connectivity index (χ1n) is 10.3. The molecule has 1 heterocycles. The molecule has 6 heteroatoms. The Morgan fingerprint density at radius 2 is 2.00 bits per heavy atom. The normalized spacial score (nSPS) is 16.6. The molecule has 1 fully saturated rings. The minimum Gasteiger partial charge on any atom is -0.369 e. The van der Waals surface area contributed by atoms with Gasteiger partial charge in [0.15, 0.2) is 5.96 Å². The van der Waals surface area contributed by atoms with E-state index in [1.54, 1.807) is 7.05 Å². The van der Waals surface area contributed by atoms with E-state index in [1.807, 2.05) is 37.3 Å². The summed E-state index contributed by atoms with van der Waals surface area (Å²) < 4.78 is 0. The fourth-order valence-corrected chi connectivity index (χ4v) is 3.53. The van der Waals surface area contributed by atoms with Gasteiger partial charge in [-0.1, -0.05) is 37.3 Å². The molecule has 29 heavy (non-hydrogen) atoms. The molecule has 0 spiro atoms. The van der Waals surface area contributed by atoms with Crippen LogP contribution in [0.2, 0.25) is 0 Å². The third-order valence-corrected chi connectivity index (χ3v) is 5.02. The quantitative estimate of drug-likeness (QED) is 0.498. The molecule has 6 nitrogen and oxygen atoms in total. The van der Waals surface area contributed by atoms with Gasteiger partial charge in [-0.3, -0.25) is 9.79 Å². The number of nitrogens with one attached hydrogen (secondary N) is 3. The Morgan fingerprint density at radius 3 is 2.76 bits per heavy atom. The smallest absolute Gasteiger partial charge is 0.224 e.